The molecule has 8 atom stereocenters. The number of ketones is 1. The zero-order valence-electron chi connectivity index (χ0n) is 22.2. The molecule has 1 fully saturated rings. The Morgan fingerprint density at radius 3 is 2.50 bits per heavy atom. The quantitative estimate of drug-likeness (QED) is 0.223. The molecule has 0 saturated carbocycles. The van der Waals surface area contributed by atoms with Crippen LogP contribution in [0.3, 0.4) is 0 Å². The molecule has 11 nitrogen and oxygen atoms in total. The summed E-state index contributed by atoms with van der Waals surface area (Å²) < 4.78 is 23.6. The van der Waals surface area contributed by atoms with Gasteiger partial charge in [-0.15, -0.1) is 6.58 Å². The van der Waals surface area contributed by atoms with Crippen molar-refractivity contribution in [3.8, 4) is 0 Å². The minimum atomic E-state index is -1.41. The number of aliphatic hydroxyl groups is 1. The van der Waals surface area contributed by atoms with Gasteiger partial charge in [0.25, 0.3) is 0 Å². The first-order valence-electron chi connectivity index (χ1n) is 13.1. The van der Waals surface area contributed by atoms with E-state index in [9.17, 15) is 34.5 Å². The van der Waals surface area contributed by atoms with Crippen LogP contribution >= 0.6 is 0 Å². The molecule has 3 rings (SSSR count). The van der Waals surface area contributed by atoms with Crippen LogP contribution in [0, 0.1) is 5.92 Å². The Morgan fingerprint density at radius 2 is 1.88 bits per heavy atom. The standard InChI is InChI=1S/C29H36O11/c1-3-7-20-11-12-21(31)26(39-20)29(38-17(2)30)28-25(36)27(37-16-18-8-5-4-6-9-18)22(40-28)14-19(15-24(34)35)10-13-23(32)33/h3-6,8-9,11-12,19-20,22,25-29,36H,1,7,10,13-16H2,2H3,(H,32,33)(H,34,35)/p-2/t19?,20?,22-,25-,26+,27+,28-,29-/m1/s1. The van der Waals surface area contributed by atoms with Gasteiger partial charge in [-0.25, -0.2) is 0 Å². The minimum Gasteiger partial charge on any atom is -0.550 e. The van der Waals surface area contributed by atoms with Gasteiger partial charge in [-0.05, 0) is 49.7 Å². The van der Waals surface area contributed by atoms with E-state index in [4.69, 9.17) is 18.9 Å². The molecule has 1 N–H and O–H groups in total. The molecule has 0 bridgehead atoms. The van der Waals surface area contributed by atoms with Crippen LogP contribution in [0.25, 0.3) is 0 Å². The maximum absolute atomic E-state index is 12.8. The van der Waals surface area contributed by atoms with Gasteiger partial charge in [0.1, 0.15) is 18.3 Å². The van der Waals surface area contributed by atoms with E-state index in [1.165, 1.54) is 6.08 Å². The third-order valence-corrected chi connectivity index (χ3v) is 6.83. The first-order chi connectivity index (χ1) is 19.1. The fraction of sp³-hybridized carbons (Fsp3) is 0.517. The number of carbonyl (C=O) groups excluding carboxylic acids is 4. The van der Waals surface area contributed by atoms with E-state index in [1.54, 1.807) is 12.2 Å². The molecule has 1 saturated heterocycles. The Kier molecular flexibility index (Phi) is 11.6. The minimum absolute atomic E-state index is 0.0144. The second-order valence-corrected chi connectivity index (χ2v) is 9.93. The first kappa shape index (κ1) is 31.2. The van der Waals surface area contributed by atoms with Crippen molar-refractivity contribution in [2.75, 3.05) is 0 Å². The van der Waals surface area contributed by atoms with Gasteiger partial charge >= 0.3 is 5.97 Å². The number of rotatable bonds is 15. The van der Waals surface area contributed by atoms with E-state index in [-0.39, 0.29) is 25.9 Å². The second kappa shape index (κ2) is 14.8. The number of carboxylic acids is 2. The Bertz CT molecular complexity index is 1070. The number of benzene rings is 1. The molecular formula is C29H34O11-2. The molecule has 1 aromatic rings. The fourth-order valence-electron chi connectivity index (χ4n) is 5.02. The second-order valence-electron chi connectivity index (χ2n) is 9.93. The SMILES string of the molecule is C=CCC1C=CC(=O)[C@@H]([C@@H](OC(C)=O)[C@@H]2O[C@H](CC(CCC(=O)[O-])CC(=O)[O-])[C@H](OCc3ccccc3)[C@H]2O)O1. The molecular weight excluding hydrogens is 524 g/mol. The molecule has 2 unspecified atom stereocenters. The summed E-state index contributed by atoms with van der Waals surface area (Å²) in [6.45, 7) is 4.89. The third-order valence-electron chi connectivity index (χ3n) is 6.83. The Balaban J connectivity index is 1.89. The predicted molar refractivity (Wildman–Crippen MR) is 135 cm³/mol. The zero-order valence-corrected chi connectivity index (χ0v) is 22.2. The maximum Gasteiger partial charge on any atom is 0.303 e. The van der Waals surface area contributed by atoms with Gasteiger partial charge in [0.2, 0.25) is 0 Å². The summed E-state index contributed by atoms with van der Waals surface area (Å²) in [4.78, 5) is 47.3. The molecule has 218 valence electrons. The number of esters is 1. The summed E-state index contributed by atoms with van der Waals surface area (Å²) in [7, 11) is 0. The summed E-state index contributed by atoms with van der Waals surface area (Å²) in [5, 5.41) is 33.8. The molecule has 1 aromatic carbocycles. The molecule has 0 radical (unpaired) electrons. The number of hydrogen-bond donors (Lipinski definition) is 1. The van der Waals surface area contributed by atoms with Gasteiger partial charge in [-0.3, -0.25) is 9.59 Å². The van der Waals surface area contributed by atoms with Crippen LogP contribution in [0.1, 0.15) is 44.6 Å². The number of hydrogen-bond acceptors (Lipinski definition) is 11. The highest BCUT2D eigenvalue weighted by atomic mass is 16.6. The van der Waals surface area contributed by atoms with Crippen LogP contribution in [-0.4, -0.2) is 71.5 Å². The van der Waals surface area contributed by atoms with Gasteiger partial charge in [-0.2, -0.15) is 0 Å². The van der Waals surface area contributed by atoms with E-state index in [2.05, 4.69) is 6.58 Å². The lowest BCUT2D eigenvalue weighted by molar-refractivity contribution is -0.309. The van der Waals surface area contributed by atoms with Crippen LogP contribution in [0.2, 0.25) is 0 Å². The van der Waals surface area contributed by atoms with E-state index >= 15 is 0 Å². The number of aliphatic hydroxyl groups excluding tert-OH is 1. The molecule has 0 spiro atoms. The summed E-state index contributed by atoms with van der Waals surface area (Å²) in [6, 6.07) is 9.08. The van der Waals surface area contributed by atoms with Crippen molar-refractivity contribution in [3.63, 3.8) is 0 Å². The average Bonchev–Trinajstić information content (AvgIpc) is 3.20. The van der Waals surface area contributed by atoms with Gasteiger partial charge in [0.05, 0.1) is 18.8 Å². The lowest BCUT2D eigenvalue weighted by Crippen LogP contribution is -2.52. The summed E-state index contributed by atoms with van der Waals surface area (Å²) in [5.41, 5.74) is 0.792. The summed E-state index contributed by atoms with van der Waals surface area (Å²) in [5.74, 6) is -4.64. The van der Waals surface area contributed by atoms with Crippen molar-refractivity contribution in [2.45, 2.75) is 88.4 Å². The van der Waals surface area contributed by atoms with Crippen molar-refractivity contribution >= 4 is 23.7 Å². The molecule has 2 aliphatic heterocycles. The van der Waals surface area contributed by atoms with E-state index in [0.29, 0.717) is 6.42 Å². The van der Waals surface area contributed by atoms with Crippen LogP contribution < -0.4 is 10.2 Å². The van der Waals surface area contributed by atoms with Crippen LogP contribution in [-0.2, 0) is 44.7 Å². The molecule has 2 heterocycles. The molecule has 40 heavy (non-hydrogen) atoms. The van der Waals surface area contributed by atoms with E-state index < -0.39 is 78.8 Å². The first-order valence-corrected chi connectivity index (χ1v) is 13.1. The van der Waals surface area contributed by atoms with Crippen molar-refractivity contribution in [2.24, 2.45) is 5.92 Å². The number of carbonyl (C=O) groups is 4. The highest BCUT2D eigenvalue weighted by molar-refractivity contribution is 5.95. The van der Waals surface area contributed by atoms with E-state index in [0.717, 1.165) is 12.5 Å². The zero-order chi connectivity index (χ0) is 29.2. The predicted octanol–water partition coefficient (Wildman–Crippen LogP) is -0.223. The van der Waals surface area contributed by atoms with Crippen molar-refractivity contribution in [1.29, 1.82) is 0 Å². The molecule has 11 heteroatoms. The van der Waals surface area contributed by atoms with Crippen LogP contribution in [0.5, 0.6) is 0 Å². The van der Waals surface area contributed by atoms with Crippen LogP contribution in [0.4, 0.5) is 0 Å². The van der Waals surface area contributed by atoms with Gasteiger partial charge in [-0.1, -0.05) is 42.5 Å². The Labute approximate surface area is 232 Å². The van der Waals surface area contributed by atoms with Crippen LogP contribution in [0.15, 0.2) is 55.1 Å². The molecule has 2 aliphatic rings. The molecule has 0 aliphatic carbocycles. The summed E-state index contributed by atoms with van der Waals surface area (Å²) >= 11 is 0. The average molecular weight is 559 g/mol. The van der Waals surface area contributed by atoms with Gasteiger partial charge < -0.3 is 43.9 Å². The van der Waals surface area contributed by atoms with Gasteiger partial charge in [0.15, 0.2) is 18.0 Å². The highest BCUT2D eigenvalue weighted by Crippen LogP contribution is 2.35. The lowest BCUT2D eigenvalue weighted by Gasteiger charge is -2.34. The van der Waals surface area contributed by atoms with Crippen molar-refractivity contribution < 1.29 is 53.4 Å². The molecule has 0 aromatic heterocycles. The maximum atomic E-state index is 12.8. The smallest absolute Gasteiger partial charge is 0.303 e. The monoisotopic (exact) mass is 558 g/mol. The third kappa shape index (κ3) is 8.82. The van der Waals surface area contributed by atoms with Gasteiger partial charge in [0, 0.05) is 18.9 Å². The fourth-order valence-corrected chi connectivity index (χ4v) is 5.02. The van der Waals surface area contributed by atoms with Crippen molar-refractivity contribution in [1.82, 2.24) is 0 Å². The largest absolute Gasteiger partial charge is 0.550 e. The number of aliphatic carboxylic acids is 2. The number of ether oxygens (including phenoxy) is 4. The normalized spacial score (nSPS) is 27.6. The lowest BCUT2D eigenvalue weighted by atomic mass is 9.90. The highest BCUT2D eigenvalue weighted by Gasteiger charge is 2.53. The van der Waals surface area contributed by atoms with E-state index in [1.807, 2.05) is 30.3 Å². The summed E-state index contributed by atoms with van der Waals surface area (Å²) in [6.07, 6.45) is -3.83. The number of carboxylic acid groups (broad SMARTS) is 2. The Morgan fingerprint density at radius 1 is 1.15 bits per heavy atom. The topological polar surface area (TPSA) is 172 Å². The molecule has 0 amide bonds. The Hall–Kier alpha value is -3.38. The van der Waals surface area contributed by atoms with Crippen molar-refractivity contribution in [3.05, 3.63) is 60.7 Å².